The molecule has 0 amide bonds. The molecule has 4 N–H and O–H groups in total. The monoisotopic (exact) mass is 532 g/mol. The highest BCUT2D eigenvalue weighted by molar-refractivity contribution is 6.43. The van der Waals surface area contributed by atoms with Crippen LogP contribution in [0.25, 0.3) is 22.4 Å². The quantitative estimate of drug-likeness (QED) is 0.452. The van der Waals surface area contributed by atoms with E-state index in [-0.39, 0.29) is 11.5 Å². The number of hydrogen-bond acceptors (Lipinski definition) is 7. The van der Waals surface area contributed by atoms with Gasteiger partial charge in [-0.15, -0.1) is 0 Å². The number of aromatic amines is 1. The van der Waals surface area contributed by atoms with Crippen molar-refractivity contribution in [2.45, 2.75) is 25.1 Å². The van der Waals surface area contributed by atoms with Gasteiger partial charge in [0.1, 0.15) is 11.3 Å². The maximum atomic E-state index is 10.6. The van der Waals surface area contributed by atoms with Crippen LogP contribution in [-0.2, 0) is 9.53 Å². The lowest BCUT2D eigenvalue weighted by atomic mass is 9.75. The minimum absolute atomic E-state index is 0.108. The molecule has 1 spiro atoms. The van der Waals surface area contributed by atoms with E-state index in [2.05, 4.69) is 20.1 Å². The Morgan fingerprint density at radius 1 is 1.29 bits per heavy atom. The first-order valence-electron chi connectivity index (χ1n) is 10.6. The van der Waals surface area contributed by atoms with Crippen LogP contribution in [-0.4, -0.2) is 69.8 Å². The number of H-pyrrole nitrogens is 1. The molecule has 14 heteroatoms. The smallest absolute Gasteiger partial charge is 0.475 e. The number of rotatable bonds is 2. The molecule has 3 aromatic rings. The van der Waals surface area contributed by atoms with E-state index in [1.807, 2.05) is 12.1 Å². The van der Waals surface area contributed by atoms with E-state index in [4.69, 9.17) is 48.6 Å². The standard InChI is InChI=1S/C19H20Cl2N6O.C2HF3O2/c20-12-3-1-2-11(15(12)21)16-17-18(26-25-16)24-14(8-23-17)27-6-4-19(5-7-27)10-28-9-13(19)22;3-2(4,5)1(6)7/h1-3,8,13H,4-7,9-10,22H2,(H,24,25,26);(H,6,7)/t13-;/m1./s1. The average Bonchev–Trinajstić information content (AvgIpc) is 3.39. The van der Waals surface area contributed by atoms with Crippen LogP contribution in [0.4, 0.5) is 19.0 Å². The van der Waals surface area contributed by atoms with Gasteiger partial charge in [0.15, 0.2) is 0 Å². The minimum atomic E-state index is -5.08. The first-order valence-corrected chi connectivity index (χ1v) is 11.3. The third kappa shape index (κ3) is 5.15. The van der Waals surface area contributed by atoms with Crippen LogP contribution in [0.3, 0.4) is 0 Å². The number of nitrogens with zero attached hydrogens (tertiary/aromatic N) is 4. The molecule has 4 heterocycles. The molecule has 35 heavy (non-hydrogen) atoms. The van der Waals surface area contributed by atoms with E-state index < -0.39 is 12.1 Å². The topological polar surface area (TPSA) is 130 Å². The molecule has 1 aromatic carbocycles. The Bertz CT molecular complexity index is 1230. The van der Waals surface area contributed by atoms with Crippen molar-refractivity contribution in [2.24, 2.45) is 11.1 Å². The number of hydrogen-bond donors (Lipinski definition) is 3. The van der Waals surface area contributed by atoms with Crippen molar-refractivity contribution in [3.8, 4) is 11.3 Å². The molecule has 2 saturated heterocycles. The maximum absolute atomic E-state index is 10.6. The highest BCUT2D eigenvalue weighted by Gasteiger charge is 2.44. The summed E-state index contributed by atoms with van der Waals surface area (Å²) in [6.07, 6.45) is -1.29. The number of carbonyl (C=O) groups is 1. The van der Waals surface area contributed by atoms with Gasteiger partial charge in [-0.05, 0) is 18.9 Å². The number of aromatic nitrogens is 4. The Hall–Kier alpha value is -2.67. The van der Waals surface area contributed by atoms with Gasteiger partial charge in [0.25, 0.3) is 0 Å². The summed E-state index contributed by atoms with van der Waals surface area (Å²) in [5.41, 5.74) is 9.09. The van der Waals surface area contributed by atoms with E-state index in [0.717, 1.165) is 43.9 Å². The second-order valence-corrected chi connectivity index (χ2v) is 9.16. The van der Waals surface area contributed by atoms with E-state index in [0.29, 0.717) is 33.5 Å². The Balaban J connectivity index is 0.000000364. The summed E-state index contributed by atoms with van der Waals surface area (Å²) in [7, 11) is 0. The molecule has 2 fully saturated rings. The normalized spacial score (nSPS) is 19.6. The third-order valence-corrected chi connectivity index (χ3v) is 7.09. The van der Waals surface area contributed by atoms with Crippen molar-refractivity contribution >= 4 is 46.2 Å². The molecule has 2 aromatic heterocycles. The zero-order valence-corrected chi connectivity index (χ0v) is 19.7. The van der Waals surface area contributed by atoms with Gasteiger partial charge < -0.3 is 20.5 Å². The number of halogens is 5. The second-order valence-electron chi connectivity index (χ2n) is 8.37. The first kappa shape index (κ1) is 25.4. The molecule has 1 atom stereocenters. The van der Waals surface area contributed by atoms with E-state index >= 15 is 0 Å². The maximum Gasteiger partial charge on any atom is 0.490 e. The van der Waals surface area contributed by atoms with Gasteiger partial charge in [-0.2, -0.15) is 18.3 Å². The zero-order chi connectivity index (χ0) is 25.4. The highest BCUT2D eigenvalue weighted by atomic mass is 35.5. The van der Waals surface area contributed by atoms with Crippen molar-refractivity contribution in [3.05, 3.63) is 34.4 Å². The number of nitrogens with two attached hydrogens (primary N) is 1. The van der Waals surface area contributed by atoms with Gasteiger partial charge in [0.2, 0.25) is 5.65 Å². The van der Waals surface area contributed by atoms with Crippen LogP contribution in [0.5, 0.6) is 0 Å². The summed E-state index contributed by atoms with van der Waals surface area (Å²) in [5, 5.41) is 15.4. The third-order valence-electron chi connectivity index (χ3n) is 6.27. The predicted octanol–water partition coefficient (Wildman–Crippen LogP) is 3.90. The summed E-state index contributed by atoms with van der Waals surface area (Å²) >= 11 is 12.5. The van der Waals surface area contributed by atoms with Gasteiger partial charge in [0, 0.05) is 30.1 Å². The average molecular weight is 533 g/mol. The number of aliphatic carboxylic acids is 1. The minimum Gasteiger partial charge on any atom is -0.475 e. The number of anilines is 1. The molecule has 0 bridgehead atoms. The van der Waals surface area contributed by atoms with Gasteiger partial charge >= 0.3 is 12.1 Å². The van der Waals surface area contributed by atoms with E-state index in [1.165, 1.54) is 0 Å². The van der Waals surface area contributed by atoms with Crippen LogP contribution < -0.4 is 10.6 Å². The molecule has 0 radical (unpaired) electrons. The van der Waals surface area contributed by atoms with Crippen LogP contribution in [0.2, 0.25) is 10.0 Å². The Kier molecular flexibility index (Phi) is 7.09. The molecule has 0 saturated carbocycles. The number of benzene rings is 1. The van der Waals surface area contributed by atoms with Crippen LogP contribution >= 0.6 is 23.2 Å². The largest absolute Gasteiger partial charge is 0.490 e. The fourth-order valence-electron chi connectivity index (χ4n) is 4.19. The molecular weight excluding hydrogens is 512 g/mol. The van der Waals surface area contributed by atoms with Crippen LogP contribution in [0.1, 0.15) is 12.8 Å². The zero-order valence-electron chi connectivity index (χ0n) is 18.1. The van der Waals surface area contributed by atoms with E-state index in [1.54, 1.807) is 12.3 Å². The van der Waals surface area contributed by atoms with Gasteiger partial charge in [-0.25, -0.2) is 14.8 Å². The summed E-state index contributed by atoms with van der Waals surface area (Å²) in [6.45, 7) is 3.19. The molecule has 2 aliphatic heterocycles. The van der Waals surface area contributed by atoms with Gasteiger partial charge in [-0.1, -0.05) is 35.3 Å². The fraction of sp³-hybridized carbons (Fsp3) is 0.429. The van der Waals surface area contributed by atoms with Crippen molar-refractivity contribution < 1.29 is 27.8 Å². The van der Waals surface area contributed by atoms with Crippen molar-refractivity contribution in [3.63, 3.8) is 0 Å². The lowest BCUT2D eigenvalue weighted by Gasteiger charge is -2.41. The molecule has 9 nitrogen and oxygen atoms in total. The molecule has 5 rings (SSSR count). The number of carboxylic acids is 1. The number of nitrogens with one attached hydrogen (secondary N) is 1. The van der Waals surface area contributed by atoms with E-state index in [9.17, 15) is 13.2 Å². The van der Waals surface area contributed by atoms with Crippen molar-refractivity contribution in [2.75, 3.05) is 31.2 Å². The molecule has 188 valence electrons. The number of carboxylic acid groups (broad SMARTS) is 1. The predicted molar refractivity (Wildman–Crippen MR) is 124 cm³/mol. The van der Waals surface area contributed by atoms with Crippen LogP contribution in [0, 0.1) is 5.41 Å². The molecular formula is C21H21Cl2F3N6O3. The number of ether oxygens (including phenoxy) is 1. The second kappa shape index (κ2) is 9.76. The lowest BCUT2D eigenvalue weighted by Crippen LogP contribution is -2.49. The summed E-state index contributed by atoms with van der Waals surface area (Å²) < 4.78 is 37.3. The number of piperidine rings is 1. The van der Waals surface area contributed by atoms with Crippen molar-refractivity contribution in [1.29, 1.82) is 0 Å². The van der Waals surface area contributed by atoms with Gasteiger partial charge in [-0.3, -0.25) is 5.10 Å². The highest BCUT2D eigenvalue weighted by Crippen LogP contribution is 2.40. The fourth-order valence-corrected chi connectivity index (χ4v) is 4.59. The Morgan fingerprint density at radius 2 is 1.97 bits per heavy atom. The number of fused-ring (bicyclic) bond motifs is 1. The first-order chi connectivity index (χ1) is 16.5. The Morgan fingerprint density at radius 3 is 2.57 bits per heavy atom. The number of alkyl halides is 3. The molecule has 2 aliphatic rings. The SMILES string of the molecule is N[C@@H]1COCC12CCN(c1cnc3c(-c4cccc(Cl)c4Cl)[nH]nc3n1)CC2.O=C(O)C(F)(F)F. The lowest BCUT2D eigenvalue weighted by molar-refractivity contribution is -0.192. The molecule has 0 unspecified atom stereocenters. The molecule has 0 aliphatic carbocycles. The van der Waals surface area contributed by atoms with Crippen LogP contribution in [0.15, 0.2) is 24.4 Å². The summed E-state index contributed by atoms with van der Waals surface area (Å²) in [4.78, 5) is 20.5. The Labute approximate surface area is 207 Å². The van der Waals surface area contributed by atoms with Crippen molar-refractivity contribution in [1.82, 2.24) is 20.2 Å². The van der Waals surface area contributed by atoms with Gasteiger partial charge in [0.05, 0.1) is 35.1 Å². The summed E-state index contributed by atoms with van der Waals surface area (Å²) in [6, 6.07) is 5.60. The summed E-state index contributed by atoms with van der Waals surface area (Å²) in [5.74, 6) is -1.93.